The van der Waals surface area contributed by atoms with Crippen molar-refractivity contribution < 1.29 is 70.8 Å². The molecular weight excluding hydrogens is 285 g/mol. The molecule has 1 aromatic rings. The number of carbonyl (C=O) groups is 2. The number of carboxylic acid groups (broad SMARTS) is 1. The number of benzene rings is 1. The van der Waals surface area contributed by atoms with Gasteiger partial charge in [0.15, 0.2) is 0 Å². The second kappa shape index (κ2) is 10.2. The van der Waals surface area contributed by atoms with Crippen molar-refractivity contribution in [1.29, 1.82) is 0 Å². The normalized spacial score (nSPS) is 12.2. The number of aliphatic imine (C=N–C) groups is 1. The van der Waals surface area contributed by atoms with Crippen LogP contribution in [0.4, 0.5) is 0 Å². The molecule has 0 saturated heterocycles. The molecule has 5 nitrogen and oxygen atoms in total. The van der Waals surface area contributed by atoms with Crippen LogP contribution in [0.1, 0.15) is 31.9 Å². The van der Waals surface area contributed by atoms with Crippen LogP contribution in [0.25, 0.3) is 0 Å². The van der Waals surface area contributed by atoms with Crippen molar-refractivity contribution in [1.82, 2.24) is 0 Å². The standard InChI is InChI=1S/C14H17NO4.K/c1-3-19-12(16)9-10(2)15-13(14(17)18)11-7-5-4-6-8-11;/h4-8,13H,3,9H2,1-2H3,(H,17,18);/q;+1/p-1/t13-;/m1./s1. The first kappa shape index (κ1) is 19.5. The van der Waals surface area contributed by atoms with Gasteiger partial charge in [0.25, 0.3) is 0 Å². The number of carbonyl (C=O) groups excluding carboxylic acids is 2. The molecule has 0 aliphatic carbocycles. The van der Waals surface area contributed by atoms with Crippen molar-refractivity contribution in [2.45, 2.75) is 26.3 Å². The average Bonchev–Trinajstić information content (AvgIpc) is 2.37. The van der Waals surface area contributed by atoms with Crippen LogP contribution in [0, 0.1) is 0 Å². The number of aliphatic carboxylic acids is 1. The largest absolute Gasteiger partial charge is 1.00 e. The number of esters is 1. The molecule has 0 saturated carbocycles. The summed E-state index contributed by atoms with van der Waals surface area (Å²) in [5.74, 6) is -1.72. The molecule has 102 valence electrons. The molecule has 20 heavy (non-hydrogen) atoms. The van der Waals surface area contributed by atoms with Crippen LogP contribution in [0.2, 0.25) is 0 Å². The molecule has 1 rings (SSSR count). The van der Waals surface area contributed by atoms with Crippen LogP contribution in [0.3, 0.4) is 0 Å². The first-order valence-corrected chi connectivity index (χ1v) is 5.99. The second-order valence-corrected chi connectivity index (χ2v) is 3.98. The van der Waals surface area contributed by atoms with Gasteiger partial charge in [-0.3, -0.25) is 9.79 Å². The van der Waals surface area contributed by atoms with Gasteiger partial charge in [-0.05, 0) is 19.4 Å². The Balaban J connectivity index is 0.00000361. The van der Waals surface area contributed by atoms with Crippen molar-refractivity contribution in [3.8, 4) is 0 Å². The van der Waals surface area contributed by atoms with Crippen LogP contribution in [0.5, 0.6) is 0 Å². The van der Waals surface area contributed by atoms with E-state index in [4.69, 9.17) is 4.74 Å². The van der Waals surface area contributed by atoms with Gasteiger partial charge in [0, 0.05) is 5.71 Å². The molecule has 1 aromatic carbocycles. The summed E-state index contributed by atoms with van der Waals surface area (Å²) in [6.45, 7) is 3.59. The van der Waals surface area contributed by atoms with E-state index in [0.717, 1.165) is 0 Å². The molecule has 0 spiro atoms. The Morgan fingerprint density at radius 2 is 1.90 bits per heavy atom. The molecule has 0 heterocycles. The van der Waals surface area contributed by atoms with Crippen LogP contribution >= 0.6 is 0 Å². The summed E-state index contributed by atoms with van der Waals surface area (Å²) in [4.78, 5) is 26.4. The van der Waals surface area contributed by atoms with E-state index < -0.39 is 18.0 Å². The zero-order valence-corrected chi connectivity index (χ0v) is 15.1. The number of rotatable bonds is 6. The van der Waals surface area contributed by atoms with Gasteiger partial charge in [-0.15, -0.1) is 0 Å². The van der Waals surface area contributed by atoms with E-state index in [1.165, 1.54) is 0 Å². The molecule has 0 fully saturated rings. The third kappa shape index (κ3) is 6.76. The maximum atomic E-state index is 11.3. The minimum absolute atomic E-state index is 0. The number of ether oxygens (including phenoxy) is 1. The Labute approximate surface area is 160 Å². The zero-order valence-electron chi connectivity index (χ0n) is 12.0. The molecule has 1 atom stereocenters. The third-order valence-electron chi connectivity index (χ3n) is 2.39. The summed E-state index contributed by atoms with van der Waals surface area (Å²) in [6, 6.07) is 7.44. The number of hydrogen-bond acceptors (Lipinski definition) is 5. The summed E-state index contributed by atoms with van der Waals surface area (Å²) in [5, 5.41) is 11.1. The van der Waals surface area contributed by atoms with Gasteiger partial charge in [0.1, 0.15) is 6.04 Å². The van der Waals surface area contributed by atoms with E-state index in [0.29, 0.717) is 11.3 Å². The quantitative estimate of drug-likeness (QED) is 0.342. The smallest absolute Gasteiger partial charge is 0.547 e. The minimum atomic E-state index is -1.30. The van der Waals surface area contributed by atoms with Gasteiger partial charge in [0.2, 0.25) is 0 Å². The first-order chi connectivity index (χ1) is 9.04. The molecule has 0 aliphatic rings. The maximum Gasteiger partial charge on any atom is 1.00 e. The summed E-state index contributed by atoms with van der Waals surface area (Å²) >= 11 is 0. The first-order valence-electron chi connectivity index (χ1n) is 5.99. The molecule has 0 unspecified atom stereocenters. The summed E-state index contributed by atoms with van der Waals surface area (Å²) < 4.78 is 4.78. The predicted octanol–water partition coefficient (Wildman–Crippen LogP) is -2.10. The van der Waals surface area contributed by atoms with Crippen molar-refractivity contribution in [2.75, 3.05) is 6.61 Å². The molecule has 6 heteroatoms. The fourth-order valence-corrected chi connectivity index (χ4v) is 1.59. The Morgan fingerprint density at radius 3 is 2.40 bits per heavy atom. The van der Waals surface area contributed by atoms with Gasteiger partial charge >= 0.3 is 57.4 Å². The molecular formula is C14H16KNO4. The average molecular weight is 301 g/mol. The number of nitrogens with zero attached hydrogens (tertiary/aromatic N) is 1. The minimum Gasteiger partial charge on any atom is -0.547 e. The SMILES string of the molecule is CCOC(=O)CC(C)=N[C@@H](C(=O)[O-])c1ccccc1.[K+]. The van der Waals surface area contributed by atoms with Gasteiger partial charge in [-0.1, -0.05) is 30.3 Å². The number of hydrogen-bond donors (Lipinski definition) is 0. The maximum absolute atomic E-state index is 11.3. The predicted molar refractivity (Wildman–Crippen MR) is 68.5 cm³/mol. The van der Waals surface area contributed by atoms with Gasteiger partial charge in [0.05, 0.1) is 19.0 Å². The van der Waals surface area contributed by atoms with Crippen molar-refractivity contribution in [2.24, 2.45) is 4.99 Å². The van der Waals surface area contributed by atoms with Crippen molar-refractivity contribution in [3.63, 3.8) is 0 Å². The summed E-state index contributed by atoms with van der Waals surface area (Å²) in [7, 11) is 0. The molecule has 0 aromatic heterocycles. The van der Waals surface area contributed by atoms with Crippen LogP contribution in [-0.4, -0.2) is 24.3 Å². The van der Waals surface area contributed by atoms with Gasteiger partial charge < -0.3 is 14.6 Å². The topological polar surface area (TPSA) is 78.8 Å². The molecule has 0 N–H and O–H groups in total. The molecule has 0 radical (unpaired) electrons. The van der Waals surface area contributed by atoms with Crippen molar-refractivity contribution >= 4 is 17.7 Å². The Morgan fingerprint density at radius 1 is 1.30 bits per heavy atom. The Hall–Kier alpha value is -0.534. The number of carboxylic acids is 1. The summed E-state index contributed by atoms with van der Waals surface area (Å²) in [6.07, 6.45) is -0.0234. The van der Waals surface area contributed by atoms with E-state index in [9.17, 15) is 14.7 Å². The van der Waals surface area contributed by atoms with E-state index in [1.807, 2.05) is 0 Å². The summed E-state index contributed by atoms with van der Waals surface area (Å²) in [5.41, 5.74) is 0.919. The molecule has 0 amide bonds. The fourth-order valence-electron chi connectivity index (χ4n) is 1.59. The van der Waals surface area contributed by atoms with Crippen LogP contribution in [0.15, 0.2) is 35.3 Å². The molecule has 0 bridgehead atoms. The van der Waals surface area contributed by atoms with Gasteiger partial charge in [-0.25, -0.2) is 0 Å². The third-order valence-corrected chi connectivity index (χ3v) is 2.39. The monoisotopic (exact) mass is 301 g/mol. The van der Waals surface area contributed by atoms with Crippen LogP contribution < -0.4 is 56.5 Å². The van der Waals surface area contributed by atoms with E-state index in [1.54, 1.807) is 44.2 Å². The molecule has 0 aliphatic heterocycles. The van der Waals surface area contributed by atoms with E-state index in [2.05, 4.69) is 4.99 Å². The van der Waals surface area contributed by atoms with Crippen LogP contribution in [-0.2, 0) is 14.3 Å². The Bertz CT molecular complexity index is 473. The van der Waals surface area contributed by atoms with E-state index in [-0.39, 0.29) is 64.4 Å². The van der Waals surface area contributed by atoms with Gasteiger partial charge in [-0.2, -0.15) is 0 Å². The second-order valence-electron chi connectivity index (χ2n) is 3.98. The zero-order chi connectivity index (χ0) is 14.3. The van der Waals surface area contributed by atoms with E-state index >= 15 is 0 Å². The Kier molecular flexibility index (Phi) is 9.96. The fraction of sp³-hybridized carbons (Fsp3) is 0.357. The van der Waals surface area contributed by atoms with Crippen molar-refractivity contribution in [3.05, 3.63) is 35.9 Å².